The zero-order valence-corrected chi connectivity index (χ0v) is 13.8. The number of ketones is 1. The number of nitriles is 1. The number of carbonyl (C=O) groups is 1. The summed E-state index contributed by atoms with van der Waals surface area (Å²) in [6, 6.07) is 7.99. The van der Waals surface area contributed by atoms with Gasteiger partial charge in [0.25, 0.3) is 0 Å². The van der Waals surface area contributed by atoms with Gasteiger partial charge in [-0.3, -0.25) is 9.89 Å². The number of aromatic amines is 1. The summed E-state index contributed by atoms with van der Waals surface area (Å²) in [5.74, 6) is -0.514. The van der Waals surface area contributed by atoms with Crippen LogP contribution in [0.4, 0.5) is 4.39 Å². The van der Waals surface area contributed by atoms with E-state index in [0.29, 0.717) is 47.4 Å². The van der Waals surface area contributed by atoms with Gasteiger partial charge >= 0.3 is 0 Å². The quantitative estimate of drug-likeness (QED) is 0.866. The lowest BCUT2D eigenvalue weighted by atomic mass is 9.77. The summed E-state index contributed by atoms with van der Waals surface area (Å²) in [6.07, 6.45) is 3.27. The van der Waals surface area contributed by atoms with Crippen molar-refractivity contribution in [1.29, 1.82) is 5.26 Å². The molecule has 2 aliphatic rings. The topological polar surface area (TPSA) is 105 Å². The van der Waals surface area contributed by atoms with Gasteiger partial charge in [-0.15, -0.1) is 0 Å². The van der Waals surface area contributed by atoms with Crippen LogP contribution in [0, 0.1) is 17.1 Å². The van der Waals surface area contributed by atoms with E-state index >= 15 is 0 Å². The Morgan fingerprint density at radius 3 is 2.81 bits per heavy atom. The maximum Gasteiger partial charge on any atom is 0.205 e. The summed E-state index contributed by atoms with van der Waals surface area (Å²) in [5, 5.41) is 16.6. The van der Waals surface area contributed by atoms with Crippen molar-refractivity contribution >= 4 is 5.78 Å². The molecule has 4 rings (SSSR count). The molecule has 2 aromatic rings. The Morgan fingerprint density at radius 1 is 1.31 bits per heavy atom. The first-order chi connectivity index (χ1) is 12.6. The van der Waals surface area contributed by atoms with Crippen LogP contribution in [0.2, 0.25) is 0 Å². The Morgan fingerprint density at radius 2 is 2.08 bits per heavy atom. The van der Waals surface area contributed by atoms with Crippen LogP contribution >= 0.6 is 0 Å². The van der Waals surface area contributed by atoms with Crippen molar-refractivity contribution < 1.29 is 13.9 Å². The second kappa shape index (κ2) is 6.15. The van der Waals surface area contributed by atoms with Crippen molar-refractivity contribution in [2.45, 2.75) is 25.2 Å². The number of H-pyrrole nitrogens is 1. The number of hydrogen-bond donors (Lipinski definition) is 2. The summed E-state index contributed by atoms with van der Waals surface area (Å²) in [4.78, 5) is 12.6. The molecule has 0 saturated heterocycles. The molecule has 3 N–H and O–H groups in total. The maximum atomic E-state index is 13.3. The fraction of sp³-hybridized carbons (Fsp3) is 0.211. The van der Waals surface area contributed by atoms with Crippen molar-refractivity contribution in [1.82, 2.24) is 10.2 Å². The molecule has 26 heavy (non-hydrogen) atoms. The number of halogens is 1. The Kier molecular flexibility index (Phi) is 3.81. The second-order valence-corrected chi connectivity index (χ2v) is 6.25. The largest absolute Gasteiger partial charge is 0.444 e. The summed E-state index contributed by atoms with van der Waals surface area (Å²) in [6.45, 7) is 0. The fourth-order valence-electron chi connectivity index (χ4n) is 3.53. The molecule has 6 nitrogen and oxygen atoms in total. The van der Waals surface area contributed by atoms with Gasteiger partial charge in [-0.1, -0.05) is 0 Å². The first kappa shape index (κ1) is 16.1. The van der Waals surface area contributed by atoms with Gasteiger partial charge in [0.2, 0.25) is 5.88 Å². The molecule has 130 valence electrons. The minimum absolute atomic E-state index is 0.0113. The van der Waals surface area contributed by atoms with Crippen molar-refractivity contribution in [3.8, 4) is 17.3 Å². The van der Waals surface area contributed by atoms with E-state index in [0.717, 1.165) is 0 Å². The molecule has 0 fully saturated rings. The number of aromatic nitrogens is 2. The summed E-state index contributed by atoms with van der Waals surface area (Å²) in [5.41, 5.74) is 8.56. The molecule has 1 aliphatic carbocycles. The predicted octanol–water partition coefficient (Wildman–Crippen LogP) is 3.03. The lowest BCUT2D eigenvalue weighted by Crippen LogP contribution is -2.27. The van der Waals surface area contributed by atoms with Crippen LogP contribution in [0.3, 0.4) is 0 Å². The Bertz CT molecular complexity index is 995. The van der Waals surface area contributed by atoms with Gasteiger partial charge in [0.15, 0.2) is 5.78 Å². The van der Waals surface area contributed by atoms with Crippen LogP contribution in [-0.2, 0) is 9.53 Å². The molecule has 0 saturated carbocycles. The van der Waals surface area contributed by atoms with Gasteiger partial charge in [0.1, 0.15) is 23.2 Å². The zero-order valence-electron chi connectivity index (χ0n) is 13.8. The number of rotatable bonds is 2. The van der Waals surface area contributed by atoms with Gasteiger partial charge in [-0.25, -0.2) is 4.39 Å². The molecule has 0 amide bonds. The van der Waals surface area contributed by atoms with E-state index in [1.165, 1.54) is 12.1 Å². The highest BCUT2D eigenvalue weighted by Gasteiger charge is 2.39. The van der Waals surface area contributed by atoms with Gasteiger partial charge < -0.3 is 10.5 Å². The van der Waals surface area contributed by atoms with Gasteiger partial charge in [0, 0.05) is 29.5 Å². The lowest BCUT2D eigenvalue weighted by molar-refractivity contribution is -0.116. The molecule has 1 aromatic carbocycles. The number of nitrogens with two attached hydrogens (primary N) is 1. The molecule has 0 spiro atoms. The molecule has 1 aromatic heterocycles. The predicted molar refractivity (Wildman–Crippen MR) is 90.5 cm³/mol. The van der Waals surface area contributed by atoms with Gasteiger partial charge in [-0.2, -0.15) is 10.4 Å². The van der Waals surface area contributed by atoms with E-state index in [-0.39, 0.29) is 23.1 Å². The average molecular weight is 350 g/mol. The summed E-state index contributed by atoms with van der Waals surface area (Å²) in [7, 11) is 0. The normalized spacial score (nSPS) is 19.8. The second-order valence-electron chi connectivity index (χ2n) is 6.25. The monoisotopic (exact) mass is 350 g/mol. The molecule has 2 heterocycles. The minimum Gasteiger partial charge on any atom is -0.444 e. The third kappa shape index (κ3) is 2.47. The number of hydrogen-bond acceptors (Lipinski definition) is 5. The number of Topliss-reactive ketones (excluding diaryl/α,β-unsaturated/α-hetero) is 1. The molecule has 0 radical (unpaired) electrons. The molecule has 1 atom stereocenters. The number of benzene rings is 1. The van der Waals surface area contributed by atoms with Crippen molar-refractivity contribution in [3.63, 3.8) is 0 Å². The third-order valence-corrected chi connectivity index (χ3v) is 4.72. The SMILES string of the molecule is N#CC1=C(N)OC2=C(C(=O)CCC2)[C@H]1c1cn[nH]c1-c1ccc(F)cc1. The highest BCUT2D eigenvalue weighted by atomic mass is 19.1. The van der Waals surface area contributed by atoms with Gasteiger partial charge in [0.05, 0.1) is 17.8 Å². The minimum atomic E-state index is -0.643. The van der Waals surface area contributed by atoms with Gasteiger partial charge in [-0.05, 0) is 30.7 Å². The molecule has 1 aliphatic heterocycles. The van der Waals surface area contributed by atoms with Crippen LogP contribution in [0.15, 0.2) is 53.3 Å². The maximum absolute atomic E-state index is 13.3. The van der Waals surface area contributed by atoms with Crippen molar-refractivity contribution in [3.05, 3.63) is 64.6 Å². The molecular weight excluding hydrogens is 335 g/mol. The lowest BCUT2D eigenvalue weighted by Gasteiger charge is -2.30. The van der Waals surface area contributed by atoms with E-state index in [1.54, 1.807) is 18.3 Å². The zero-order chi connectivity index (χ0) is 18.3. The van der Waals surface area contributed by atoms with E-state index in [1.807, 2.05) is 0 Å². The molecule has 7 heteroatoms. The highest BCUT2D eigenvalue weighted by Crippen LogP contribution is 2.45. The smallest absolute Gasteiger partial charge is 0.205 e. The molecule has 0 unspecified atom stereocenters. The summed E-state index contributed by atoms with van der Waals surface area (Å²) < 4.78 is 18.8. The number of allylic oxidation sites excluding steroid dienone is 3. The average Bonchev–Trinajstić information content (AvgIpc) is 3.10. The Labute approximate surface area is 148 Å². The van der Waals surface area contributed by atoms with Crippen LogP contribution in [-0.4, -0.2) is 16.0 Å². The first-order valence-electron chi connectivity index (χ1n) is 8.23. The standard InChI is InChI=1S/C19H15FN4O2/c20-11-6-4-10(5-7-11)18-13(9-23-24-18)16-12(8-21)19(22)26-15-3-1-2-14(25)17(15)16/h4-7,9,16H,1-3,22H2,(H,23,24)/t16-/m1/s1. The first-order valence-corrected chi connectivity index (χ1v) is 8.23. The highest BCUT2D eigenvalue weighted by molar-refractivity contribution is 5.99. The van der Waals surface area contributed by atoms with Crippen LogP contribution in [0.5, 0.6) is 0 Å². The molecule has 0 bridgehead atoms. The van der Waals surface area contributed by atoms with E-state index in [4.69, 9.17) is 10.5 Å². The fourth-order valence-corrected chi connectivity index (χ4v) is 3.53. The summed E-state index contributed by atoms with van der Waals surface area (Å²) >= 11 is 0. The van der Waals surface area contributed by atoms with Crippen LogP contribution < -0.4 is 5.73 Å². The number of ether oxygens (including phenoxy) is 1. The van der Waals surface area contributed by atoms with Crippen molar-refractivity contribution in [2.75, 3.05) is 0 Å². The van der Waals surface area contributed by atoms with Crippen molar-refractivity contribution in [2.24, 2.45) is 5.73 Å². The third-order valence-electron chi connectivity index (χ3n) is 4.72. The van der Waals surface area contributed by atoms with E-state index in [2.05, 4.69) is 16.3 Å². The Balaban J connectivity index is 1.90. The number of carbonyl (C=O) groups excluding carboxylic acids is 1. The van der Waals surface area contributed by atoms with Crippen LogP contribution in [0.25, 0.3) is 11.3 Å². The van der Waals surface area contributed by atoms with Crippen LogP contribution in [0.1, 0.15) is 30.7 Å². The number of nitrogens with zero attached hydrogens (tertiary/aromatic N) is 2. The Hall–Kier alpha value is -3.40. The van der Waals surface area contributed by atoms with E-state index < -0.39 is 5.92 Å². The molecular formula is C19H15FN4O2. The van der Waals surface area contributed by atoms with E-state index in [9.17, 15) is 14.4 Å². The number of nitrogens with one attached hydrogen (secondary N) is 1.